The summed E-state index contributed by atoms with van der Waals surface area (Å²) in [4.78, 5) is 0. The Labute approximate surface area is 134 Å². The molecule has 1 fully saturated rings. The lowest BCUT2D eigenvalue weighted by Gasteiger charge is -2.32. The lowest BCUT2D eigenvalue weighted by atomic mass is 9.73. The van der Waals surface area contributed by atoms with Gasteiger partial charge in [-0.3, -0.25) is 0 Å². The molecular formula is C15H21BF3NO3. The minimum Gasteiger partial charge on any atom is -0.497 e. The van der Waals surface area contributed by atoms with Gasteiger partial charge >= 0.3 is 13.3 Å². The minimum atomic E-state index is -4.55. The molecule has 128 valence electrons. The van der Waals surface area contributed by atoms with E-state index in [9.17, 15) is 13.2 Å². The van der Waals surface area contributed by atoms with Gasteiger partial charge in [0.2, 0.25) is 0 Å². The van der Waals surface area contributed by atoms with Gasteiger partial charge in [0.15, 0.2) is 0 Å². The lowest BCUT2D eigenvalue weighted by Crippen LogP contribution is -2.41. The first-order chi connectivity index (χ1) is 10.4. The SMILES string of the molecule is COc1ccc([C@H](N)B2OC(C)(C)C(C)(C)O2)c(C(F)(F)F)c1. The van der Waals surface area contributed by atoms with E-state index in [4.69, 9.17) is 19.8 Å². The topological polar surface area (TPSA) is 53.7 Å². The Morgan fingerprint density at radius 3 is 2.09 bits per heavy atom. The smallest absolute Gasteiger partial charge is 0.480 e. The van der Waals surface area contributed by atoms with Crippen LogP contribution in [0, 0.1) is 0 Å². The first-order valence-corrected chi connectivity index (χ1v) is 7.25. The Kier molecular flexibility index (Phi) is 4.47. The van der Waals surface area contributed by atoms with Crippen LogP contribution in [0.25, 0.3) is 0 Å². The normalized spacial score (nSPS) is 21.3. The second kappa shape index (κ2) is 5.68. The van der Waals surface area contributed by atoms with Gasteiger partial charge in [0.1, 0.15) is 5.75 Å². The van der Waals surface area contributed by atoms with E-state index < -0.39 is 36.0 Å². The summed E-state index contributed by atoms with van der Waals surface area (Å²) in [5, 5.41) is 0. The predicted molar refractivity (Wildman–Crippen MR) is 81.0 cm³/mol. The van der Waals surface area contributed by atoms with Gasteiger partial charge in [-0.15, -0.1) is 0 Å². The van der Waals surface area contributed by atoms with Crippen molar-refractivity contribution >= 4 is 7.12 Å². The van der Waals surface area contributed by atoms with Crippen molar-refractivity contribution in [1.82, 2.24) is 0 Å². The standard InChI is InChI=1S/C15H21BF3NO3/c1-13(2)14(3,4)23-16(22-13)12(20)10-7-6-9(21-5)8-11(10)15(17,18)19/h6-8,12H,20H2,1-5H3/t12-/m0/s1. The molecule has 0 amide bonds. The van der Waals surface area contributed by atoms with E-state index in [-0.39, 0.29) is 11.3 Å². The highest BCUT2D eigenvalue weighted by Crippen LogP contribution is 2.42. The van der Waals surface area contributed by atoms with Gasteiger partial charge in [-0.05, 0) is 45.4 Å². The quantitative estimate of drug-likeness (QED) is 0.863. The molecule has 2 rings (SSSR count). The Morgan fingerprint density at radius 1 is 1.13 bits per heavy atom. The maximum absolute atomic E-state index is 13.3. The van der Waals surface area contributed by atoms with Gasteiger partial charge in [-0.25, -0.2) is 0 Å². The number of hydrogen-bond donors (Lipinski definition) is 1. The molecule has 1 aliphatic heterocycles. The van der Waals surface area contributed by atoms with Crippen LogP contribution in [0.3, 0.4) is 0 Å². The maximum atomic E-state index is 13.3. The second-order valence-corrected chi connectivity index (χ2v) is 6.60. The molecule has 0 saturated carbocycles. The Hall–Kier alpha value is -1.25. The molecule has 1 aromatic rings. The summed E-state index contributed by atoms with van der Waals surface area (Å²) in [6, 6.07) is 3.67. The van der Waals surface area contributed by atoms with Crippen molar-refractivity contribution in [2.75, 3.05) is 7.11 Å². The molecule has 2 N–H and O–H groups in total. The van der Waals surface area contributed by atoms with E-state index in [1.165, 1.54) is 19.2 Å². The molecule has 1 saturated heterocycles. The highest BCUT2D eigenvalue weighted by Gasteiger charge is 2.54. The van der Waals surface area contributed by atoms with Crippen molar-refractivity contribution in [3.05, 3.63) is 29.3 Å². The number of benzene rings is 1. The molecule has 1 aromatic carbocycles. The molecule has 1 atom stereocenters. The van der Waals surface area contributed by atoms with Crippen molar-refractivity contribution in [2.24, 2.45) is 5.73 Å². The molecule has 8 heteroatoms. The number of hydrogen-bond acceptors (Lipinski definition) is 4. The van der Waals surface area contributed by atoms with Crippen LogP contribution in [0.5, 0.6) is 5.75 Å². The van der Waals surface area contributed by atoms with Gasteiger partial charge in [-0.1, -0.05) is 6.07 Å². The van der Waals surface area contributed by atoms with Crippen molar-refractivity contribution < 1.29 is 27.2 Å². The van der Waals surface area contributed by atoms with Gasteiger partial charge in [-0.2, -0.15) is 13.2 Å². The van der Waals surface area contributed by atoms with Crippen LogP contribution >= 0.6 is 0 Å². The Bertz CT molecular complexity index is 574. The highest BCUT2D eigenvalue weighted by atomic mass is 19.4. The molecule has 4 nitrogen and oxygen atoms in total. The van der Waals surface area contributed by atoms with Crippen molar-refractivity contribution in [2.45, 2.75) is 51.0 Å². The van der Waals surface area contributed by atoms with Crippen molar-refractivity contribution in [3.8, 4) is 5.75 Å². The third kappa shape index (κ3) is 3.34. The third-order valence-electron chi connectivity index (χ3n) is 4.49. The average molecular weight is 331 g/mol. The fourth-order valence-corrected chi connectivity index (χ4v) is 2.38. The van der Waals surface area contributed by atoms with E-state index in [2.05, 4.69) is 0 Å². The molecule has 0 bridgehead atoms. The van der Waals surface area contributed by atoms with Crippen LogP contribution in [0.15, 0.2) is 18.2 Å². The van der Waals surface area contributed by atoms with E-state index in [1.807, 2.05) is 27.7 Å². The molecule has 0 unspecified atom stereocenters. The van der Waals surface area contributed by atoms with Crippen LogP contribution < -0.4 is 10.5 Å². The number of rotatable bonds is 3. The molecule has 0 radical (unpaired) electrons. The monoisotopic (exact) mass is 331 g/mol. The molecule has 23 heavy (non-hydrogen) atoms. The lowest BCUT2D eigenvalue weighted by molar-refractivity contribution is -0.138. The van der Waals surface area contributed by atoms with Crippen LogP contribution in [-0.4, -0.2) is 25.4 Å². The summed E-state index contributed by atoms with van der Waals surface area (Å²) in [7, 11) is 0.345. The minimum absolute atomic E-state index is 0.0863. The zero-order valence-electron chi connectivity index (χ0n) is 13.8. The third-order valence-corrected chi connectivity index (χ3v) is 4.49. The summed E-state index contributed by atoms with van der Waals surface area (Å²) >= 11 is 0. The van der Waals surface area contributed by atoms with Crippen LogP contribution in [0.4, 0.5) is 13.2 Å². The predicted octanol–water partition coefficient (Wildman–Crippen LogP) is 3.35. The number of methoxy groups -OCH3 is 1. The van der Waals surface area contributed by atoms with E-state index in [0.29, 0.717) is 0 Å². The van der Waals surface area contributed by atoms with Crippen LogP contribution in [0.1, 0.15) is 44.8 Å². The molecular weight excluding hydrogens is 310 g/mol. The molecule has 0 aromatic heterocycles. The van der Waals surface area contributed by atoms with Crippen molar-refractivity contribution in [1.29, 1.82) is 0 Å². The fourth-order valence-electron chi connectivity index (χ4n) is 2.38. The first kappa shape index (κ1) is 18.1. The first-order valence-electron chi connectivity index (χ1n) is 7.25. The summed E-state index contributed by atoms with van der Waals surface area (Å²) in [5.41, 5.74) is 3.77. The summed E-state index contributed by atoms with van der Waals surface area (Å²) in [5.74, 6) is -0.958. The molecule has 0 aliphatic carbocycles. The highest BCUT2D eigenvalue weighted by molar-refractivity contribution is 6.47. The van der Waals surface area contributed by atoms with Crippen LogP contribution in [0.2, 0.25) is 0 Å². The summed E-state index contributed by atoms with van der Waals surface area (Å²) in [6.07, 6.45) is -4.55. The van der Waals surface area contributed by atoms with E-state index in [1.54, 1.807) is 0 Å². The fraction of sp³-hybridized carbons (Fsp3) is 0.600. The number of alkyl halides is 3. The maximum Gasteiger partial charge on any atom is 0.480 e. The molecule has 1 heterocycles. The summed E-state index contributed by atoms with van der Waals surface area (Å²) < 4.78 is 56.4. The zero-order chi connectivity index (χ0) is 17.6. The Morgan fingerprint density at radius 2 is 1.65 bits per heavy atom. The van der Waals surface area contributed by atoms with Gasteiger partial charge < -0.3 is 19.8 Å². The number of nitrogens with two attached hydrogens (primary N) is 1. The summed E-state index contributed by atoms with van der Waals surface area (Å²) in [6.45, 7) is 7.27. The molecule has 1 aliphatic rings. The number of ether oxygens (including phenoxy) is 1. The zero-order valence-corrected chi connectivity index (χ0v) is 13.8. The van der Waals surface area contributed by atoms with Gasteiger partial charge in [0.05, 0.1) is 29.8 Å². The van der Waals surface area contributed by atoms with Gasteiger partial charge in [0, 0.05) is 0 Å². The van der Waals surface area contributed by atoms with Crippen molar-refractivity contribution in [3.63, 3.8) is 0 Å². The van der Waals surface area contributed by atoms with Crippen LogP contribution in [-0.2, 0) is 15.5 Å². The Balaban J connectivity index is 2.39. The van der Waals surface area contributed by atoms with E-state index >= 15 is 0 Å². The molecule has 0 spiro atoms. The van der Waals surface area contributed by atoms with Gasteiger partial charge in [0.25, 0.3) is 0 Å². The number of halogens is 3. The largest absolute Gasteiger partial charge is 0.497 e. The van der Waals surface area contributed by atoms with E-state index in [0.717, 1.165) is 6.07 Å². The average Bonchev–Trinajstić information content (AvgIpc) is 2.65. The second-order valence-electron chi connectivity index (χ2n) is 6.60.